The van der Waals surface area contributed by atoms with Crippen LogP contribution in [0.5, 0.6) is 0 Å². The smallest absolute Gasteiger partial charge is 0.0273 e. The molecule has 0 heterocycles. The topological polar surface area (TPSA) is 26.0 Å². The molecule has 0 fully saturated rings. The molecule has 0 aliphatic rings. The molecule has 0 saturated carbocycles. The largest absolute Gasteiger partial charge is 0.324 e. The molecule has 0 aromatic rings. The van der Waals surface area contributed by atoms with Crippen LogP contribution in [-0.2, 0) is 0 Å². The van der Waals surface area contributed by atoms with E-state index in [0.717, 1.165) is 0 Å². The Morgan fingerprint density at radius 1 is 0.720 bits per heavy atom. The summed E-state index contributed by atoms with van der Waals surface area (Å²) in [6, 6.07) is 0.129. The minimum atomic E-state index is 0. The van der Waals surface area contributed by atoms with Gasteiger partial charge in [-0.2, -0.15) is 0 Å². The molecular weight excluding hydrogens is 370 g/mol. The molecule has 152 valence electrons. The van der Waals surface area contributed by atoms with Crippen LogP contribution in [0.4, 0.5) is 0 Å². The zero-order valence-electron chi connectivity index (χ0n) is 17.7. The number of halogens is 1. The average molecular weight is 419 g/mol. The molecule has 0 aliphatic carbocycles. The van der Waals surface area contributed by atoms with E-state index >= 15 is 0 Å². The third-order valence-corrected chi connectivity index (χ3v) is 5.58. The van der Waals surface area contributed by atoms with Crippen molar-refractivity contribution in [1.82, 2.24) is 0 Å². The summed E-state index contributed by atoms with van der Waals surface area (Å²) < 4.78 is 0. The van der Waals surface area contributed by atoms with Gasteiger partial charge >= 0.3 is 0 Å². The van der Waals surface area contributed by atoms with Crippen LogP contribution in [-0.4, -0.2) is 6.04 Å². The Kier molecular flexibility index (Phi) is 20.8. The van der Waals surface area contributed by atoms with Gasteiger partial charge < -0.3 is 5.73 Å². The van der Waals surface area contributed by atoms with Gasteiger partial charge in [0.2, 0.25) is 0 Å². The van der Waals surface area contributed by atoms with Crippen LogP contribution < -0.4 is 5.73 Å². The van der Waals surface area contributed by atoms with Crippen LogP contribution in [0, 0.1) is 5.41 Å². The van der Waals surface area contributed by atoms with Gasteiger partial charge in [0.05, 0.1) is 0 Å². The van der Waals surface area contributed by atoms with Gasteiger partial charge in [0.1, 0.15) is 0 Å². The second-order valence-electron chi connectivity index (χ2n) is 8.45. The lowest BCUT2D eigenvalue weighted by atomic mass is 9.80. The Balaban J connectivity index is 0. The van der Waals surface area contributed by atoms with Crippen molar-refractivity contribution in [2.24, 2.45) is 11.1 Å². The third-order valence-electron chi connectivity index (χ3n) is 5.58. The Morgan fingerprint density at radius 2 is 1.04 bits per heavy atom. The van der Waals surface area contributed by atoms with Gasteiger partial charge in [-0.1, -0.05) is 123 Å². The first-order valence-corrected chi connectivity index (χ1v) is 10.9. The van der Waals surface area contributed by atoms with Gasteiger partial charge in [0.15, 0.2) is 0 Å². The summed E-state index contributed by atoms with van der Waals surface area (Å²) in [6.07, 6.45) is 24.5. The summed E-state index contributed by atoms with van der Waals surface area (Å²) in [5.74, 6) is 0. The lowest BCUT2D eigenvalue weighted by Gasteiger charge is -2.29. The summed E-state index contributed by atoms with van der Waals surface area (Å²) in [7, 11) is 0. The first kappa shape index (κ1) is 27.4. The molecule has 1 nitrogen and oxygen atoms in total. The van der Waals surface area contributed by atoms with E-state index < -0.39 is 0 Å². The third kappa shape index (κ3) is 17.4. The molecular formula is C23H48BrN. The number of unbranched alkanes of at least 4 members (excludes halogenated alkanes) is 14. The van der Waals surface area contributed by atoms with Gasteiger partial charge in [-0.3, -0.25) is 0 Å². The van der Waals surface area contributed by atoms with Crippen molar-refractivity contribution in [3.8, 4) is 0 Å². The van der Waals surface area contributed by atoms with Gasteiger partial charge in [0.25, 0.3) is 0 Å². The van der Waals surface area contributed by atoms with E-state index in [0.29, 0.717) is 0 Å². The Hall–Kier alpha value is 0.180. The summed E-state index contributed by atoms with van der Waals surface area (Å²) in [5.41, 5.74) is 6.30. The van der Waals surface area contributed by atoms with E-state index in [1.165, 1.54) is 103 Å². The minimum absolute atomic E-state index is 0. The van der Waals surface area contributed by atoms with Crippen LogP contribution in [0.15, 0.2) is 12.7 Å². The second-order valence-corrected chi connectivity index (χ2v) is 8.45. The molecule has 0 bridgehead atoms. The van der Waals surface area contributed by atoms with E-state index in [4.69, 9.17) is 5.73 Å². The van der Waals surface area contributed by atoms with E-state index in [2.05, 4.69) is 27.4 Å². The average Bonchev–Trinajstić information content (AvgIpc) is 2.57. The molecule has 0 saturated heterocycles. The summed E-state index contributed by atoms with van der Waals surface area (Å²) >= 11 is 0. The lowest BCUT2D eigenvalue weighted by Crippen LogP contribution is -2.35. The molecule has 1 atom stereocenters. The van der Waals surface area contributed by atoms with Crippen molar-refractivity contribution < 1.29 is 0 Å². The van der Waals surface area contributed by atoms with Crippen LogP contribution >= 0.6 is 17.0 Å². The number of rotatable bonds is 18. The summed E-state index contributed by atoms with van der Waals surface area (Å²) in [5, 5.41) is 0. The fraction of sp³-hybridized carbons (Fsp3) is 0.913. The number of hydrogen-bond acceptors (Lipinski definition) is 1. The van der Waals surface area contributed by atoms with Crippen molar-refractivity contribution in [1.29, 1.82) is 0 Å². The van der Waals surface area contributed by atoms with Crippen LogP contribution in [0.3, 0.4) is 0 Å². The molecule has 0 amide bonds. The maximum atomic E-state index is 6.09. The standard InChI is InChI=1S/C23H47N.BrH/c1-5-7-8-9-10-11-12-13-14-15-16-17-18-19-20-21-23(3,4)22(24)6-2;/h6,22H,2,5,7-21,24H2,1,3-4H3;1H. The Labute approximate surface area is 170 Å². The van der Waals surface area contributed by atoms with Crippen molar-refractivity contribution in [2.45, 2.75) is 130 Å². The van der Waals surface area contributed by atoms with E-state index in [-0.39, 0.29) is 28.4 Å². The highest BCUT2D eigenvalue weighted by molar-refractivity contribution is 8.93. The van der Waals surface area contributed by atoms with Crippen LogP contribution in [0.2, 0.25) is 0 Å². The van der Waals surface area contributed by atoms with Gasteiger partial charge in [-0.05, 0) is 11.8 Å². The molecule has 0 aromatic carbocycles. The molecule has 0 spiro atoms. The molecule has 2 N–H and O–H groups in total. The fourth-order valence-electron chi connectivity index (χ4n) is 3.44. The van der Waals surface area contributed by atoms with E-state index in [1.807, 2.05) is 6.08 Å². The van der Waals surface area contributed by atoms with Gasteiger partial charge in [-0.15, -0.1) is 23.6 Å². The normalized spacial score (nSPS) is 12.6. The number of hydrogen-bond donors (Lipinski definition) is 1. The Morgan fingerprint density at radius 3 is 1.36 bits per heavy atom. The van der Waals surface area contributed by atoms with Crippen molar-refractivity contribution in [3.63, 3.8) is 0 Å². The predicted molar refractivity (Wildman–Crippen MR) is 122 cm³/mol. The van der Waals surface area contributed by atoms with E-state index in [1.54, 1.807) is 0 Å². The zero-order valence-corrected chi connectivity index (χ0v) is 19.4. The molecule has 0 aromatic heterocycles. The molecule has 0 radical (unpaired) electrons. The van der Waals surface area contributed by atoms with Crippen molar-refractivity contribution in [3.05, 3.63) is 12.7 Å². The van der Waals surface area contributed by atoms with Crippen molar-refractivity contribution >= 4 is 17.0 Å². The second kappa shape index (κ2) is 19.0. The SMILES string of the molecule is Br.C=CC(N)C(C)(C)CCCCCCCCCCCCCCCCC. The maximum Gasteiger partial charge on any atom is 0.0273 e. The van der Waals surface area contributed by atoms with Crippen LogP contribution in [0.25, 0.3) is 0 Å². The number of nitrogens with two attached hydrogens (primary N) is 1. The molecule has 0 rings (SSSR count). The molecule has 25 heavy (non-hydrogen) atoms. The fourth-order valence-corrected chi connectivity index (χ4v) is 3.44. The zero-order chi connectivity index (χ0) is 18.1. The lowest BCUT2D eigenvalue weighted by molar-refractivity contribution is 0.285. The highest BCUT2D eigenvalue weighted by Crippen LogP contribution is 2.27. The Bertz CT molecular complexity index is 275. The minimum Gasteiger partial charge on any atom is -0.324 e. The first-order valence-electron chi connectivity index (χ1n) is 10.9. The molecule has 1 unspecified atom stereocenters. The predicted octanol–water partition coefficient (Wildman–Crippen LogP) is 8.37. The van der Waals surface area contributed by atoms with Crippen LogP contribution in [0.1, 0.15) is 124 Å². The van der Waals surface area contributed by atoms with E-state index in [9.17, 15) is 0 Å². The highest BCUT2D eigenvalue weighted by atomic mass is 79.9. The summed E-state index contributed by atoms with van der Waals surface area (Å²) in [4.78, 5) is 0. The summed E-state index contributed by atoms with van der Waals surface area (Å²) in [6.45, 7) is 10.6. The molecule has 2 heteroatoms. The molecule has 0 aliphatic heterocycles. The monoisotopic (exact) mass is 417 g/mol. The van der Waals surface area contributed by atoms with Gasteiger partial charge in [0, 0.05) is 6.04 Å². The highest BCUT2D eigenvalue weighted by Gasteiger charge is 2.23. The van der Waals surface area contributed by atoms with Crippen molar-refractivity contribution in [2.75, 3.05) is 0 Å². The quantitative estimate of drug-likeness (QED) is 0.176. The van der Waals surface area contributed by atoms with Gasteiger partial charge in [-0.25, -0.2) is 0 Å². The first-order chi connectivity index (χ1) is 11.5. The maximum absolute atomic E-state index is 6.09.